The highest BCUT2D eigenvalue weighted by atomic mass is 15.4. The van der Waals surface area contributed by atoms with Crippen molar-refractivity contribution in [2.75, 3.05) is 0 Å². The van der Waals surface area contributed by atoms with Crippen LogP contribution in [0.3, 0.4) is 0 Å². The van der Waals surface area contributed by atoms with Crippen LogP contribution in [-0.4, -0.2) is 21.0 Å². The number of aromatic nitrogens is 3. The van der Waals surface area contributed by atoms with Gasteiger partial charge < -0.3 is 5.32 Å². The highest BCUT2D eigenvalue weighted by Gasteiger charge is 2.19. The molecule has 4 heteroatoms. The minimum Gasteiger partial charge on any atom is -0.308 e. The van der Waals surface area contributed by atoms with Crippen LogP contribution < -0.4 is 5.32 Å². The van der Waals surface area contributed by atoms with Gasteiger partial charge in [0.05, 0.1) is 17.4 Å². The second kappa shape index (κ2) is 5.39. The molecule has 0 aliphatic heterocycles. The Bertz CT molecular complexity index is 377. The van der Waals surface area contributed by atoms with Gasteiger partial charge in [-0.2, -0.15) is 0 Å². The average Bonchev–Trinajstić information content (AvgIpc) is 2.74. The molecule has 1 aromatic rings. The second-order valence-corrected chi connectivity index (χ2v) is 6.67. The summed E-state index contributed by atoms with van der Waals surface area (Å²) in [5.74, 6) is 0.863. The molecule has 1 aliphatic carbocycles. The van der Waals surface area contributed by atoms with Gasteiger partial charge in [-0.05, 0) is 39.5 Å². The minimum atomic E-state index is 0.0185. The third-order valence-corrected chi connectivity index (χ3v) is 3.74. The molecule has 0 aromatic carbocycles. The van der Waals surface area contributed by atoms with Gasteiger partial charge in [-0.3, -0.25) is 0 Å². The summed E-state index contributed by atoms with van der Waals surface area (Å²) in [4.78, 5) is 0. The first-order valence-corrected chi connectivity index (χ1v) is 7.10. The largest absolute Gasteiger partial charge is 0.308 e. The summed E-state index contributed by atoms with van der Waals surface area (Å²) in [7, 11) is 0. The maximum Gasteiger partial charge on any atom is 0.0965 e. The molecule has 4 nitrogen and oxygen atoms in total. The first kappa shape index (κ1) is 13.5. The highest BCUT2D eigenvalue weighted by molar-refractivity contribution is 4.95. The van der Waals surface area contributed by atoms with Gasteiger partial charge in [0.1, 0.15) is 0 Å². The summed E-state index contributed by atoms with van der Waals surface area (Å²) in [6.45, 7) is 9.61. The molecule has 0 amide bonds. The predicted molar refractivity (Wildman–Crippen MR) is 73.3 cm³/mol. The maximum absolute atomic E-state index is 4.24. The molecule has 0 saturated heterocycles. The van der Waals surface area contributed by atoms with Gasteiger partial charge in [0.25, 0.3) is 0 Å². The first-order chi connectivity index (χ1) is 8.45. The number of nitrogens with zero attached hydrogens (tertiary/aromatic N) is 3. The number of hydrogen-bond acceptors (Lipinski definition) is 3. The van der Waals surface area contributed by atoms with Crippen LogP contribution in [-0.2, 0) is 12.1 Å². The van der Waals surface area contributed by atoms with Crippen molar-refractivity contribution in [1.82, 2.24) is 20.3 Å². The predicted octanol–water partition coefficient (Wildman–Crippen LogP) is 2.70. The van der Waals surface area contributed by atoms with E-state index >= 15 is 0 Å². The summed E-state index contributed by atoms with van der Waals surface area (Å²) < 4.78 is 1.94. The normalized spacial score (nSPS) is 25.3. The Balaban J connectivity index is 1.85. The molecule has 18 heavy (non-hydrogen) atoms. The van der Waals surface area contributed by atoms with Crippen molar-refractivity contribution in [2.45, 2.75) is 71.5 Å². The van der Waals surface area contributed by atoms with E-state index in [0.29, 0.717) is 6.04 Å². The fourth-order valence-corrected chi connectivity index (χ4v) is 2.58. The molecule has 1 saturated carbocycles. The lowest BCUT2D eigenvalue weighted by Crippen LogP contribution is -2.33. The highest BCUT2D eigenvalue weighted by Crippen LogP contribution is 2.23. The Hall–Kier alpha value is -0.900. The molecule has 0 spiro atoms. The molecule has 1 N–H and O–H groups in total. The standard InChI is InChI=1S/C14H26N4/c1-11-6-5-7-12(8-11)15-9-13-10-18(17-16-13)14(2,3)4/h10-12,15H,5-9H2,1-4H3. The molecular weight excluding hydrogens is 224 g/mol. The van der Waals surface area contributed by atoms with E-state index in [9.17, 15) is 0 Å². The fraction of sp³-hybridized carbons (Fsp3) is 0.857. The maximum atomic E-state index is 4.24. The Labute approximate surface area is 110 Å². The van der Waals surface area contributed by atoms with Crippen molar-refractivity contribution in [1.29, 1.82) is 0 Å². The van der Waals surface area contributed by atoms with Gasteiger partial charge in [0.15, 0.2) is 0 Å². The quantitative estimate of drug-likeness (QED) is 0.897. The lowest BCUT2D eigenvalue weighted by Gasteiger charge is -2.27. The summed E-state index contributed by atoms with van der Waals surface area (Å²) >= 11 is 0. The average molecular weight is 250 g/mol. The number of nitrogens with one attached hydrogen (secondary N) is 1. The van der Waals surface area contributed by atoms with Crippen LogP contribution in [0.5, 0.6) is 0 Å². The third kappa shape index (κ3) is 3.55. The van der Waals surface area contributed by atoms with Gasteiger partial charge in [0.2, 0.25) is 0 Å². The van der Waals surface area contributed by atoms with E-state index in [1.165, 1.54) is 25.7 Å². The smallest absolute Gasteiger partial charge is 0.0965 e. The summed E-state index contributed by atoms with van der Waals surface area (Å²) in [6, 6.07) is 0.661. The molecule has 2 rings (SSSR count). The molecule has 1 heterocycles. The van der Waals surface area contributed by atoms with Gasteiger partial charge in [-0.25, -0.2) is 4.68 Å². The zero-order valence-electron chi connectivity index (χ0n) is 12.1. The van der Waals surface area contributed by atoms with Crippen LogP contribution in [0.1, 0.15) is 59.1 Å². The van der Waals surface area contributed by atoms with Crippen LogP contribution in [0.25, 0.3) is 0 Å². The van der Waals surface area contributed by atoms with Crippen molar-refractivity contribution < 1.29 is 0 Å². The van der Waals surface area contributed by atoms with Crippen LogP contribution >= 0.6 is 0 Å². The van der Waals surface area contributed by atoms with E-state index in [1.807, 2.05) is 4.68 Å². The van der Waals surface area contributed by atoms with Crippen molar-refractivity contribution in [3.05, 3.63) is 11.9 Å². The summed E-state index contributed by atoms with van der Waals surface area (Å²) in [5.41, 5.74) is 1.06. The molecule has 1 aliphatic rings. The van der Waals surface area contributed by atoms with E-state index in [4.69, 9.17) is 0 Å². The zero-order chi connectivity index (χ0) is 13.2. The topological polar surface area (TPSA) is 42.7 Å². The van der Waals surface area contributed by atoms with Gasteiger partial charge >= 0.3 is 0 Å². The molecule has 0 radical (unpaired) electrons. The lowest BCUT2D eigenvalue weighted by atomic mass is 9.87. The fourth-order valence-electron chi connectivity index (χ4n) is 2.58. The molecule has 2 unspecified atom stereocenters. The molecule has 102 valence electrons. The lowest BCUT2D eigenvalue weighted by molar-refractivity contribution is 0.300. The van der Waals surface area contributed by atoms with E-state index in [2.05, 4.69) is 49.5 Å². The van der Waals surface area contributed by atoms with Crippen LogP contribution in [0.2, 0.25) is 0 Å². The van der Waals surface area contributed by atoms with Crippen LogP contribution in [0.4, 0.5) is 0 Å². The molecular formula is C14H26N4. The Morgan fingerprint density at radius 1 is 1.39 bits per heavy atom. The van der Waals surface area contributed by atoms with E-state index < -0.39 is 0 Å². The van der Waals surface area contributed by atoms with Crippen molar-refractivity contribution in [3.63, 3.8) is 0 Å². The van der Waals surface area contributed by atoms with E-state index in [0.717, 1.165) is 18.2 Å². The van der Waals surface area contributed by atoms with Crippen LogP contribution in [0.15, 0.2) is 6.20 Å². The number of hydrogen-bond donors (Lipinski definition) is 1. The SMILES string of the molecule is CC1CCCC(NCc2cn(C(C)(C)C)nn2)C1. The Kier molecular flexibility index (Phi) is 4.05. The Morgan fingerprint density at radius 3 is 2.78 bits per heavy atom. The molecule has 2 atom stereocenters. The van der Waals surface area contributed by atoms with Gasteiger partial charge in [0, 0.05) is 12.6 Å². The van der Waals surface area contributed by atoms with Crippen molar-refractivity contribution in [2.24, 2.45) is 5.92 Å². The summed E-state index contributed by atoms with van der Waals surface area (Å²) in [6.07, 6.45) is 7.40. The van der Waals surface area contributed by atoms with E-state index in [1.54, 1.807) is 0 Å². The van der Waals surface area contributed by atoms with E-state index in [-0.39, 0.29) is 5.54 Å². The second-order valence-electron chi connectivity index (χ2n) is 6.67. The molecule has 0 bridgehead atoms. The monoisotopic (exact) mass is 250 g/mol. The number of rotatable bonds is 3. The minimum absolute atomic E-state index is 0.0185. The molecule has 1 fully saturated rings. The van der Waals surface area contributed by atoms with Gasteiger partial charge in [-0.1, -0.05) is 25.0 Å². The molecule has 1 aromatic heterocycles. The van der Waals surface area contributed by atoms with Gasteiger partial charge in [-0.15, -0.1) is 5.10 Å². The zero-order valence-corrected chi connectivity index (χ0v) is 12.1. The van der Waals surface area contributed by atoms with Crippen LogP contribution in [0, 0.1) is 5.92 Å². The first-order valence-electron chi connectivity index (χ1n) is 7.10. The van der Waals surface area contributed by atoms with Crippen molar-refractivity contribution in [3.8, 4) is 0 Å². The Morgan fingerprint density at radius 2 is 2.17 bits per heavy atom. The summed E-state index contributed by atoms with van der Waals surface area (Å²) in [5, 5.41) is 12.0. The van der Waals surface area contributed by atoms with Crippen molar-refractivity contribution >= 4 is 0 Å². The third-order valence-electron chi connectivity index (χ3n) is 3.74.